The molecule has 28 heavy (non-hydrogen) atoms. The normalized spacial score (nSPS) is 18.8. The summed E-state index contributed by atoms with van der Waals surface area (Å²) < 4.78 is 57.2. The number of carboxylic acids is 1. The zero-order chi connectivity index (χ0) is 20.6. The fraction of sp³-hybridized carbons (Fsp3) is 0.412. The standard InChI is InChI=1S/C17H18F3N3O5/c1-26-11-4-8(5-12(27-2)14(11)28-3)10-6-13(17(18,19)20)23-15(22-10)9(7-21-23)16(24)25/h4-5,7,10,13,22H,6H2,1-3H3,(H,24,25)/p-1/t10-,13+/m1/s1. The fourth-order valence-corrected chi connectivity index (χ4v) is 3.23. The van der Waals surface area contributed by atoms with E-state index >= 15 is 0 Å². The van der Waals surface area contributed by atoms with Gasteiger partial charge in [0.2, 0.25) is 5.75 Å². The molecule has 1 aliphatic heterocycles. The Kier molecular flexibility index (Phi) is 5.01. The minimum absolute atomic E-state index is 0.265. The third-order valence-electron chi connectivity index (χ3n) is 4.55. The van der Waals surface area contributed by atoms with Gasteiger partial charge >= 0.3 is 6.18 Å². The van der Waals surface area contributed by atoms with Crippen LogP contribution in [-0.2, 0) is 0 Å². The highest BCUT2D eigenvalue weighted by molar-refractivity contribution is 5.91. The van der Waals surface area contributed by atoms with Gasteiger partial charge in [-0.15, -0.1) is 0 Å². The topological polar surface area (TPSA) is 97.7 Å². The van der Waals surface area contributed by atoms with Crippen LogP contribution in [0, 0.1) is 0 Å². The number of methoxy groups -OCH3 is 3. The van der Waals surface area contributed by atoms with E-state index in [1.54, 1.807) is 0 Å². The first-order valence-corrected chi connectivity index (χ1v) is 8.13. The molecule has 11 heteroatoms. The first-order valence-electron chi connectivity index (χ1n) is 8.13. The number of alkyl halides is 3. The Labute approximate surface area is 157 Å². The third-order valence-corrected chi connectivity index (χ3v) is 4.55. The smallest absolute Gasteiger partial charge is 0.410 e. The van der Waals surface area contributed by atoms with Gasteiger partial charge in [-0.05, 0) is 17.7 Å². The van der Waals surface area contributed by atoms with Crippen molar-refractivity contribution in [2.75, 3.05) is 26.6 Å². The molecule has 1 aromatic carbocycles. The lowest BCUT2D eigenvalue weighted by Gasteiger charge is -2.34. The molecule has 152 valence electrons. The van der Waals surface area contributed by atoms with Crippen LogP contribution in [0.15, 0.2) is 18.3 Å². The second-order valence-corrected chi connectivity index (χ2v) is 6.09. The molecule has 0 bridgehead atoms. The molecule has 0 amide bonds. The van der Waals surface area contributed by atoms with E-state index < -0.39 is 36.2 Å². The van der Waals surface area contributed by atoms with Crippen LogP contribution in [0.2, 0.25) is 0 Å². The van der Waals surface area contributed by atoms with Crippen LogP contribution in [0.1, 0.15) is 34.4 Å². The van der Waals surface area contributed by atoms with Gasteiger partial charge in [-0.3, -0.25) is 0 Å². The largest absolute Gasteiger partial charge is 0.545 e. The van der Waals surface area contributed by atoms with Crippen LogP contribution in [0.5, 0.6) is 17.2 Å². The van der Waals surface area contributed by atoms with Gasteiger partial charge < -0.3 is 29.4 Å². The van der Waals surface area contributed by atoms with Crippen molar-refractivity contribution in [3.8, 4) is 17.2 Å². The number of nitrogens with one attached hydrogen (secondary N) is 1. The van der Waals surface area contributed by atoms with Gasteiger partial charge in [-0.2, -0.15) is 18.3 Å². The summed E-state index contributed by atoms with van der Waals surface area (Å²) in [6.07, 6.45) is -4.21. The molecule has 0 unspecified atom stereocenters. The van der Waals surface area contributed by atoms with Crippen molar-refractivity contribution in [1.82, 2.24) is 9.78 Å². The number of benzene rings is 1. The molecule has 3 rings (SSSR count). The van der Waals surface area contributed by atoms with Crippen molar-refractivity contribution in [2.45, 2.75) is 24.7 Å². The number of ether oxygens (including phenoxy) is 3. The van der Waals surface area contributed by atoms with Crippen molar-refractivity contribution >= 4 is 11.8 Å². The molecule has 0 spiro atoms. The molecular weight excluding hydrogens is 383 g/mol. The number of hydrogen-bond acceptors (Lipinski definition) is 7. The molecule has 1 aromatic heterocycles. The second-order valence-electron chi connectivity index (χ2n) is 6.09. The van der Waals surface area contributed by atoms with Crippen LogP contribution in [0.3, 0.4) is 0 Å². The van der Waals surface area contributed by atoms with Crippen molar-refractivity contribution in [3.63, 3.8) is 0 Å². The maximum absolute atomic E-state index is 13.6. The third kappa shape index (κ3) is 3.27. The van der Waals surface area contributed by atoms with Gasteiger partial charge in [0.15, 0.2) is 17.5 Å². The minimum Gasteiger partial charge on any atom is -0.545 e. The number of aromatic carboxylic acids is 1. The highest BCUT2D eigenvalue weighted by Gasteiger charge is 2.47. The molecule has 0 aliphatic carbocycles. The zero-order valence-electron chi connectivity index (χ0n) is 15.2. The van der Waals surface area contributed by atoms with E-state index in [1.165, 1.54) is 33.5 Å². The summed E-state index contributed by atoms with van der Waals surface area (Å²) in [6.45, 7) is 0. The molecular formula is C17H17F3N3O5-. The van der Waals surface area contributed by atoms with Crippen molar-refractivity contribution < 1.29 is 37.3 Å². The average Bonchev–Trinajstić information content (AvgIpc) is 3.09. The number of carboxylic acid groups (broad SMARTS) is 1. The van der Waals surface area contributed by atoms with Gasteiger partial charge in [0.05, 0.1) is 45.1 Å². The lowest BCUT2D eigenvalue weighted by atomic mass is 9.96. The lowest BCUT2D eigenvalue weighted by molar-refractivity contribution is -0.255. The number of hydrogen-bond donors (Lipinski definition) is 1. The number of nitrogens with zero attached hydrogens (tertiary/aromatic N) is 2. The number of halogens is 3. The molecule has 1 aliphatic rings. The molecule has 0 radical (unpaired) electrons. The Balaban J connectivity index is 2.11. The van der Waals surface area contributed by atoms with Gasteiger partial charge in [0.25, 0.3) is 0 Å². The Bertz CT molecular complexity index is 872. The quantitative estimate of drug-likeness (QED) is 0.819. The maximum Gasteiger partial charge on any atom is 0.410 e. The van der Waals surface area contributed by atoms with Crippen molar-refractivity contribution in [3.05, 3.63) is 29.5 Å². The second kappa shape index (κ2) is 7.13. The zero-order valence-corrected chi connectivity index (χ0v) is 15.2. The van der Waals surface area contributed by atoms with E-state index in [9.17, 15) is 23.1 Å². The first kappa shape index (κ1) is 19.6. The van der Waals surface area contributed by atoms with E-state index in [0.717, 1.165) is 6.20 Å². The summed E-state index contributed by atoms with van der Waals surface area (Å²) in [5, 5.41) is 17.7. The molecule has 8 nitrogen and oxygen atoms in total. The van der Waals surface area contributed by atoms with E-state index in [0.29, 0.717) is 10.2 Å². The molecule has 0 fully saturated rings. The van der Waals surface area contributed by atoms with Crippen LogP contribution in [0.25, 0.3) is 0 Å². The summed E-state index contributed by atoms with van der Waals surface area (Å²) in [7, 11) is 4.18. The molecule has 2 aromatic rings. The molecule has 1 N–H and O–H groups in total. The van der Waals surface area contributed by atoms with E-state index in [1.807, 2.05) is 0 Å². The number of carbonyl (C=O) groups excluding carboxylic acids is 1. The highest BCUT2D eigenvalue weighted by atomic mass is 19.4. The molecule has 0 saturated carbocycles. The Morgan fingerprint density at radius 1 is 1.21 bits per heavy atom. The van der Waals surface area contributed by atoms with Crippen molar-refractivity contribution in [1.29, 1.82) is 0 Å². The Hall–Kier alpha value is -3.11. The average molecular weight is 400 g/mol. The number of anilines is 1. The number of fused-ring (bicyclic) bond motifs is 1. The lowest BCUT2D eigenvalue weighted by Crippen LogP contribution is -2.36. The SMILES string of the molecule is COc1cc([C@H]2C[C@@H](C(F)(F)F)n3ncc(C(=O)[O-])c3N2)cc(OC)c1OC. The summed E-state index contributed by atoms with van der Waals surface area (Å²) in [5.74, 6) is -1.08. The Morgan fingerprint density at radius 2 is 1.82 bits per heavy atom. The predicted octanol–water partition coefficient (Wildman–Crippen LogP) is 1.93. The summed E-state index contributed by atoms with van der Waals surface area (Å²) >= 11 is 0. The number of rotatable bonds is 5. The van der Waals surface area contributed by atoms with Crippen LogP contribution in [-0.4, -0.2) is 43.3 Å². The van der Waals surface area contributed by atoms with E-state index in [-0.39, 0.29) is 23.1 Å². The van der Waals surface area contributed by atoms with Gasteiger partial charge in [-0.25, -0.2) is 4.68 Å². The fourth-order valence-electron chi connectivity index (χ4n) is 3.23. The summed E-state index contributed by atoms with van der Waals surface area (Å²) in [6, 6.07) is 0.123. The monoisotopic (exact) mass is 400 g/mol. The van der Waals surface area contributed by atoms with E-state index in [4.69, 9.17) is 14.2 Å². The Morgan fingerprint density at radius 3 is 2.29 bits per heavy atom. The van der Waals surface area contributed by atoms with Gasteiger partial charge in [0.1, 0.15) is 5.82 Å². The van der Waals surface area contributed by atoms with Gasteiger partial charge in [-0.1, -0.05) is 0 Å². The van der Waals surface area contributed by atoms with Crippen LogP contribution in [0.4, 0.5) is 19.0 Å². The molecule has 2 atom stereocenters. The number of aromatic nitrogens is 2. The van der Waals surface area contributed by atoms with Crippen LogP contribution >= 0.6 is 0 Å². The number of carbonyl (C=O) groups is 1. The highest BCUT2D eigenvalue weighted by Crippen LogP contribution is 2.47. The maximum atomic E-state index is 13.6. The van der Waals surface area contributed by atoms with Gasteiger partial charge in [0, 0.05) is 6.42 Å². The summed E-state index contributed by atoms with van der Waals surface area (Å²) in [4.78, 5) is 11.3. The molecule has 2 heterocycles. The first-order chi connectivity index (χ1) is 13.2. The van der Waals surface area contributed by atoms with E-state index in [2.05, 4.69) is 10.4 Å². The molecule has 0 saturated heterocycles. The summed E-state index contributed by atoms with van der Waals surface area (Å²) in [5.41, 5.74) is -0.0492. The minimum atomic E-state index is -4.63. The predicted molar refractivity (Wildman–Crippen MR) is 88.7 cm³/mol. The van der Waals surface area contributed by atoms with Crippen LogP contribution < -0.4 is 24.6 Å². The van der Waals surface area contributed by atoms with Crippen molar-refractivity contribution in [2.24, 2.45) is 0 Å².